The van der Waals surface area contributed by atoms with Gasteiger partial charge in [0.2, 0.25) is 0 Å². The lowest BCUT2D eigenvalue weighted by atomic mass is 10.0. The van der Waals surface area contributed by atoms with Gasteiger partial charge in [-0.3, -0.25) is 4.79 Å². The van der Waals surface area contributed by atoms with Crippen LogP contribution in [0.3, 0.4) is 0 Å². The fourth-order valence-electron chi connectivity index (χ4n) is 2.39. The number of pyridine rings is 1. The Hall–Kier alpha value is -2.56. The SMILES string of the molecule is Cc1cc(F)c(F)c(F)c1-c1cc2ccccc2c(=O)[nH]1. The lowest BCUT2D eigenvalue weighted by Crippen LogP contribution is -2.09. The van der Waals surface area contributed by atoms with Crippen molar-refractivity contribution in [2.75, 3.05) is 0 Å². The minimum atomic E-state index is -1.55. The first-order valence-corrected chi connectivity index (χ1v) is 6.25. The summed E-state index contributed by atoms with van der Waals surface area (Å²) in [4.78, 5) is 14.5. The van der Waals surface area contributed by atoms with E-state index in [2.05, 4.69) is 4.98 Å². The molecule has 3 aromatic rings. The van der Waals surface area contributed by atoms with Gasteiger partial charge in [0.15, 0.2) is 17.5 Å². The van der Waals surface area contributed by atoms with E-state index in [-0.39, 0.29) is 16.8 Å². The van der Waals surface area contributed by atoms with Gasteiger partial charge < -0.3 is 4.98 Å². The summed E-state index contributed by atoms with van der Waals surface area (Å²) in [7, 11) is 0. The van der Waals surface area contributed by atoms with Crippen molar-refractivity contribution in [3.63, 3.8) is 0 Å². The minimum Gasteiger partial charge on any atom is -0.321 e. The molecule has 0 saturated carbocycles. The Bertz CT molecular complexity index is 915. The van der Waals surface area contributed by atoms with Crippen LogP contribution >= 0.6 is 0 Å². The molecule has 0 atom stereocenters. The van der Waals surface area contributed by atoms with Crippen LogP contribution < -0.4 is 5.56 Å². The fourth-order valence-corrected chi connectivity index (χ4v) is 2.39. The largest absolute Gasteiger partial charge is 0.321 e. The van der Waals surface area contributed by atoms with Crippen LogP contribution in [0.1, 0.15) is 5.56 Å². The summed E-state index contributed by atoms with van der Waals surface area (Å²) < 4.78 is 40.6. The van der Waals surface area contributed by atoms with Crippen molar-refractivity contribution < 1.29 is 13.2 Å². The summed E-state index contributed by atoms with van der Waals surface area (Å²) in [5, 5.41) is 1.04. The van der Waals surface area contributed by atoms with Crippen molar-refractivity contribution in [2.24, 2.45) is 0 Å². The molecule has 5 heteroatoms. The summed E-state index contributed by atoms with van der Waals surface area (Å²) in [6.07, 6.45) is 0. The highest BCUT2D eigenvalue weighted by Gasteiger charge is 2.19. The molecule has 1 heterocycles. The van der Waals surface area contributed by atoms with Crippen molar-refractivity contribution in [3.05, 3.63) is 69.8 Å². The number of hydrogen-bond acceptors (Lipinski definition) is 1. The molecular formula is C16H10F3NO. The van der Waals surface area contributed by atoms with Crippen LogP contribution in [0.25, 0.3) is 22.0 Å². The van der Waals surface area contributed by atoms with Gasteiger partial charge in [-0.25, -0.2) is 13.2 Å². The van der Waals surface area contributed by atoms with E-state index >= 15 is 0 Å². The zero-order chi connectivity index (χ0) is 15.1. The molecule has 0 radical (unpaired) electrons. The number of hydrogen-bond donors (Lipinski definition) is 1. The van der Waals surface area contributed by atoms with Crippen molar-refractivity contribution >= 4 is 10.8 Å². The maximum absolute atomic E-state index is 14.0. The van der Waals surface area contributed by atoms with E-state index in [0.29, 0.717) is 10.8 Å². The predicted octanol–water partition coefficient (Wildman–Crippen LogP) is 3.92. The number of H-pyrrole nitrogens is 1. The van der Waals surface area contributed by atoms with Crippen molar-refractivity contribution in [3.8, 4) is 11.3 Å². The molecule has 0 fully saturated rings. The molecule has 3 rings (SSSR count). The predicted molar refractivity (Wildman–Crippen MR) is 74.6 cm³/mol. The van der Waals surface area contributed by atoms with E-state index in [1.54, 1.807) is 30.3 Å². The average Bonchev–Trinajstić information content (AvgIpc) is 2.45. The standard InChI is InChI=1S/C16H10F3NO/c1-8-6-11(17)14(18)15(19)13(8)12-7-9-4-2-3-5-10(9)16(21)20-12/h2-7H,1H3,(H,20,21). The van der Waals surface area contributed by atoms with Gasteiger partial charge in [0, 0.05) is 10.9 Å². The molecule has 0 aliphatic rings. The molecule has 0 aliphatic carbocycles. The van der Waals surface area contributed by atoms with Gasteiger partial charge in [-0.05, 0) is 36.1 Å². The van der Waals surface area contributed by atoms with E-state index in [9.17, 15) is 18.0 Å². The third-order valence-electron chi connectivity index (χ3n) is 3.38. The molecule has 0 amide bonds. The first-order valence-electron chi connectivity index (χ1n) is 6.25. The zero-order valence-corrected chi connectivity index (χ0v) is 11.0. The molecule has 0 aliphatic heterocycles. The lowest BCUT2D eigenvalue weighted by Gasteiger charge is -2.10. The topological polar surface area (TPSA) is 32.9 Å². The Balaban J connectivity index is 2.36. The summed E-state index contributed by atoms with van der Waals surface area (Å²) in [6, 6.07) is 9.22. The van der Waals surface area contributed by atoms with E-state index in [4.69, 9.17) is 0 Å². The van der Waals surface area contributed by atoms with Crippen molar-refractivity contribution in [1.29, 1.82) is 0 Å². The quantitative estimate of drug-likeness (QED) is 0.677. The van der Waals surface area contributed by atoms with Crippen LogP contribution in [0.4, 0.5) is 13.2 Å². The van der Waals surface area contributed by atoms with Gasteiger partial charge in [0.1, 0.15) is 0 Å². The Kier molecular flexibility index (Phi) is 3.05. The molecule has 2 aromatic carbocycles. The highest BCUT2D eigenvalue weighted by Crippen LogP contribution is 2.29. The Labute approximate surface area is 117 Å². The van der Waals surface area contributed by atoms with E-state index in [1.165, 1.54) is 6.92 Å². The number of aromatic nitrogens is 1. The van der Waals surface area contributed by atoms with Crippen LogP contribution in [0.5, 0.6) is 0 Å². The van der Waals surface area contributed by atoms with Crippen LogP contribution in [0.15, 0.2) is 41.2 Å². The number of nitrogens with one attached hydrogen (secondary N) is 1. The second-order valence-electron chi connectivity index (χ2n) is 4.78. The van der Waals surface area contributed by atoms with E-state index in [1.807, 2.05) is 0 Å². The molecule has 1 N–H and O–H groups in total. The van der Waals surface area contributed by atoms with Crippen molar-refractivity contribution in [1.82, 2.24) is 4.98 Å². The van der Waals surface area contributed by atoms with Crippen LogP contribution in [0, 0.1) is 24.4 Å². The molecular weight excluding hydrogens is 279 g/mol. The molecule has 21 heavy (non-hydrogen) atoms. The lowest BCUT2D eigenvalue weighted by molar-refractivity contribution is 0.448. The van der Waals surface area contributed by atoms with Gasteiger partial charge in [-0.1, -0.05) is 18.2 Å². The van der Waals surface area contributed by atoms with Crippen LogP contribution in [-0.4, -0.2) is 4.98 Å². The highest BCUT2D eigenvalue weighted by molar-refractivity contribution is 5.85. The van der Waals surface area contributed by atoms with Crippen molar-refractivity contribution in [2.45, 2.75) is 6.92 Å². The maximum Gasteiger partial charge on any atom is 0.256 e. The first kappa shape index (κ1) is 13.4. The summed E-state index contributed by atoms with van der Waals surface area (Å²) in [6.45, 7) is 1.45. The fraction of sp³-hybridized carbons (Fsp3) is 0.0625. The molecule has 0 spiro atoms. The number of aryl methyl sites for hydroxylation is 1. The van der Waals surface area contributed by atoms with Crippen LogP contribution in [0.2, 0.25) is 0 Å². The molecule has 2 nitrogen and oxygen atoms in total. The number of benzene rings is 2. The Morgan fingerprint density at radius 1 is 1.00 bits per heavy atom. The highest BCUT2D eigenvalue weighted by atomic mass is 19.2. The Morgan fingerprint density at radius 2 is 1.71 bits per heavy atom. The van der Waals surface area contributed by atoms with E-state index < -0.39 is 23.0 Å². The first-order chi connectivity index (χ1) is 9.99. The normalized spacial score (nSPS) is 11.0. The third kappa shape index (κ3) is 2.11. The van der Waals surface area contributed by atoms with Crippen LogP contribution in [-0.2, 0) is 0 Å². The number of fused-ring (bicyclic) bond motifs is 1. The Morgan fingerprint density at radius 3 is 2.48 bits per heavy atom. The number of aromatic amines is 1. The van der Waals surface area contributed by atoms with Gasteiger partial charge >= 0.3 is 0 Å². The average molecular weight is 289 g/mol. The van der Waals surface area contributed by atoms with E-state index in [0.717, 1.165) is 6.07 Å². The second-order valence-corrected chi connectivity index (χ2v) is 4.78. The van der Waals surface area contributed by atoms with Gasteiger partial charge in [-0.15, -0.1) is 0 Å². The summed E-state index contributed by atoms with van der Waals surface area (Å²) >= 11 is 0. The zero-order valence-electron chi connectivity index (χ0n) is 11.0. The monoisotopic (exact) mass is 289 g/mol. The minimum absolute atomic E-state index is 0.118. The summed E-state index contributed by atoms with van der Waals surface area (Å²) in [5.74, 6) is -4.11. The smallest absolute Gasteiger partial charge is 0.256 e. The van der Waals surface area contributed by atoms with Gasteiger partial charge in [0.05, 0.1) is 5.69 Å². The molecule has 106 valence electrons. The molecule has 0 saturated heterocycles. The number of halogens is 3. The third-order valence-corrected chi connectivity index (χ3v) is 3.38. The van der Waals surface area contributed by atoms with Gasteiger partial charge in [0.25, 0.3) is 5.56 Å². The molecule has 0 bridgehead atoms. The number of rotatable bonds is 1. The second kappa shape index (κ2) is 4.77. The molecule has 0 unspecified atom stereocenters. The molecule has 1 aromatic heterocycles. The summed E-state index contributed by atoms with van der Waals surface area (Å²) in [5.41, 5.74) is -0.228. The maximum atomic E-state index is 14.0. The van der Waals surface area contributed by atoms with Gasteiger partial charge in [-0.2, -0.15) is 0 Å².